The van der Waals surface area contributed by atoms with Gasteiger partial charge in [-0.05, 0) is 18.6 Å². The van der Waals surface area contributed by atoms with Crippen LogP contribution < -0.4 is 10.0 Å². The van der Waals surface area contributed by atoms with Crippen molar-refractivity contribution in [3.8, 4) is 0 Å². The summed E-state index contributed by atoms with van der Waals surface area (Å²) in [6.07, 6.45) is 2.24. The molecule has 1 aromatic heterocycles. The minimum Gasteiger partial charge on any atom is -0.311 e. The Morgan fingerprint density at radius 3 is 2.50 bits per heavy atom. The summed E-state index contributed by atoms with van der Waals surface area (Å²) in [5.41, 5.74) is 0. The highest BCUT2D eigenvalue weighted by atomic mass is 32.2. The van der Waals surface area contributed by atoms with Gasteiger partial charge in [-0.2, -0.15) is 0 Å². The zero-order valence-corrected chi connectivity index (χ0v) is 11.2. The fraction of sp³-hybridized carbons (Fsp3) is 0.600. The molecule has 16 heavy (non-hydrogen) atoms. The van der Waals surface area contributed by atoms with Gasteiger partial charge in [0.25, 0.3) is 0 Å². The smallest absolute Gasteiger partial charge is 0.208 e. The van der Waals surface area contributed by atoms with Gasteiger partial charge in [0.05, 0.1) is 6.26 Å². The molecule has 1 aromatic rings. The first-order valence-corrected chi connectivity index (χ1v) is 7.95. The fourth-order valence-electron chi connectivity index (χ4n) is 1.24. The van der Waals surface area contributed by atoms with Crippen LogP contribution in [0.4, 0.5) is 0 Å². The Hall–Kier alpha value is -0.430. The number of rotatable bonds is 7. The van der Waals surface area contributed by atoms with Crippen LogP contribution in [0.3, 0.4) is 0 Å². The Labute approximate surface area is 101 Å². The van der Waals surface area contributed by atoms with E-state index in [2.05, 4.69) is 29.1 Å². The average Bonchev–Trinajstić information content (AvgIpc) is 2.63. The zero-order chi connectivity index (χ0) is 12.0. The van der Waals surface area contributed by atoms with E-state index >= 15 is 0 Å². The van der Waals surface area contributed by atoms with E-state index in [0.29, 0.717) is 13.1 Å². The molecular formula is C10H18N2O2S2. The molecule has 6 heteroatoms. The van der Waals surface area contributed by atoms with Crippen molar-refractivity contribution >= 4 is 21.4 Å². The third-order valence-corrected chi connectivity index (χ3v) is 3.99. The van der Waals surface area contributed by atoms with Crippen molar-refractivity contribution in [2.75, 3.05) is 19.3 Å². The molecule has 0 aliphatic carbocycles. The quantitative estimate of drug-likeness (QED) is 0.719. The maximum atomic E-state index is 10.8. The highest BCUT2D eigenvalue weighted by molar-refractivity contribution is 7.88. The number of hydrogen-bond donors (Lipinski definition) is 2. The van der Waals surface area contributed by atoms with Gasteiger partial charge in [-0.25, -0.2) is 13.1 Å². The standard InChI is InChI=1S/C10H18N2O2S2/c1-3-9-4-5-10(15-9)8-11-6-7-12-16(2,13)14/h4-5,11-12H,3,6-8H2,1-2H3. The van der Waals surface area contributed by atoms with E-state index in [-0.39, 0.29) is 0 Å². The van der Waals surface area contributed by atoms with Gasteiger partial charge in [-0.3, -0.25) is 0 Å². The Bertz CT molecular complexity index is 412. The molecule has 4 nitrogen and oxygen atoms in total. The summed E-state index contributed by atoms with van der Waals surface area (Å²) < 4.78 is 24.0. The van der Waals surface area contributed by atoms with Crippen molar-refractivity contribution in [2.24, 2.45) is 0 Å². The first-order valence-electron chi connectivity index (χ1n) is 5.24. The first-order chi connectivity index (χ1) is 7.51. The summed E-state index contributed by atoms with van der Waals surface area (Å²) in [6.45, 7) is 4.02. The highest BCUT2D eigenvalue weighted by Gasteiger charge is 2.00. The second-order valence-corrected chi connectivity index (χ2v) is 6.65. The fourth-order valence-corrected chi connectivity index (χ4v) is 2.64. The Morgan fingerprint density at radius 1 is 1.25 bits per heavy atom. The second-order valence-electron chi connectivity index (χ2n) is 3.56. The van der Waals surface area contributed by atoms with Gasteiger partial charge in [0.2, 0.25) is 10.0 Å². The Kier molecular flexibility index (Phi) is 5.40. The van der Waals surface area contributed by atoms with E-state index in [0.717, 1.165) is 13.0 Å². The molecule has 1 heterocycles. The summed E-state index contributed by atoms with van der Waals surface area (Å²) in [5.74, 6) is 0. The average molecular weight is 262 g/mol. The Morgan fingerprint density at radius 2 is 1.94 bits per heavy atom. The SMILES string of the molecule is CCc1ccc(CNCCNS(C)(=O)=O)s1. The Balaban J connectivity index is 2.16. The molecule has 92 valence electrons. The lowest BCUT2D eigenvalue weighted by Gasteiger charge is -2.03. The number of sulfonamides is 1. The van der Waals surface area contributed by atoms with Gasteiger partial charge in [0.1, 0.15) is 0 Å². The molecule has 0 bridgehead atoms. The van der Waals surface area contributed by atoms with Crippen molar-refractivity contribution in [1.82, 2.24) is 10.0 Å². The van der Waals surface area contributed by atoms with E-state index in [4.69, 9.17) is 0 Å². The first kappa shape index (κ1) is 13.6. The van der Waals surface area contributed by atoms with Crippen LogP contribution in [-0.2, 0) is 23.0 Å². The van der Waals surface area contributed by atoms with E-state index in [1.54, 1.807) is 11.3 Å². The molecule has 0 radical (unpaired) electrons. The summed E-state index contributed by atoms with van der Waals surface area (Å²) in [5, 5.41) is 3.20. The minimum atomic E-state index is -3.06. The van der Waals surface area contributed by atoms with Gasteiger partial charge in [0.15, 0.2) is 0 Å². The van der Waals surface area contributed by atoms with E-state index in [1.807, 2.05) is 0 Å². The number of aryl methyl sites for hydroxylation is 1. The summed E-state index contributed by atoms with van der Waals surface area (Å²) in [4.78, 5) is 2.67. The largest absolute Gasteiger partial charge is 0.311 e. The molecule has 0 unspecified atom stereocenters. The predicted molar refractivity (Wildman–Crippen MR) is 68.3 cm³/mol. The normalized spacial score (nSPS) is 11.9. The van der Waals surface area contributed by atoms with Crippen LogP contribution in [0.1, 0.15) is 16.7 Å². The molecule has 0 spiro atoms. The molecule has 0 aliphatic heterocycles. The molecular weight excluding hydrogens is 244 g/mol. The minimum absolute atomic E-state index is 0.435. The van der Waals surface area contributed by atoms with Crippen LogP contribution in [0.2, 0.25) is 0 Å². The third kappa shape index (κ3) is 5.60. The van der Waals surface area contributed by atoms with Crippen molar-refractivity contribution in [2.45, 2.75) is 19.9 Å². The van der Waals surface area contributed by atoms with Crippen LogP contribution in [-0.4, -0.2) is 27.8 Å². The van der Waals surface area contributed by atoms with Crippen molar-refractivity contribution in [3.63, 3.8) is 0 Å². The number of hydrogen-bond acceptors (Lipinski definition) is 4. The number of thiophene rings is 1. The lowest BCUT2D eigenvalue weighted by molar-refractivity contribution is 0.582. The predicted octanol–water partition coefficient (Wildman–Crippen LogP) is 0.949. The maximum absolute atomic E-state index is 10.8. The molecule has 2 N–H and O–H groups in total. The molecule has 0 atom stereocenters. The molecule has 0 aliphatic rings. The molecule has 0 aromatic carbocycles. The van der Waals surface area contributed by atoms with Gasteiger partial charge in [-0.1, -0.05) is 6.92 Å². The molecule has 0 saturated heterocycles. The monoisotopic (exact) mass is 262 g/mol. The van der Waals surface area contributed by atoms with Gasteiger partial charge >= 0.3 is 0 Å². The van der Waals surface area contributed by atoms with Gasteiger partial charge in [0, 0.05) is 29.4 Å². The summed E-state index contributed by atoms with van der Waals surface area (Å²) in [7, 11) is -3.06. The second kappa shape index (κ2) is 6.34. The van der Waals surface area contributed by atoms with Gasteiger partial charge in [-0.15, -0.1) is 11.3 Å². The van der Waals surface area contributed by atoms with Crippen LogP contribution >= 0.6 is 11.3 Å². The third-order valence-electron chi connectivity index (χ3n) is 2.03. The molecule has 0 saturated carbocycles. The van der Waals surface area contributed by atoms with Crippen LogP contribution in [0.5, 0.6) is 0 Å². The zero-order valence-electron chi connectivity index (χ0n) is 9.62. The lowest BCUT2D eigenvalue weighted by atomic mass is 10.3. The van der Waals surface area contributed by atoms with Crippen molar-refractivity contribution < 1.29 is 8.42 Å². The van der Waals surface area contributed by atoms with E-state index in [1.165, 1.54) is 16.0 Å². The summed E-state index contributed by atoms with van der Waals surface area (Å²) >= 11 is 1.80. The van der Waals surface area contributed by atoms with Crippen LogP contribution in [0, 0.1) is 0 Å². The highest BCUT2D eigenvalue weighted by Crippen LogP contribution is 2.16. The van der Waals surface area contributed by atoms with Crippen LogP contribution in [0.15, 0.2) is 12.1 Å². The van der Waals surface area contributed by atoms with Crippen LogP contribution in [0.25, 0.3) is 0 Å². The van der Waals surface area contributed by atoms with Crippen molar-refractivity contribution in [1.29, 1.82) is 0 Å². The maximum Gasteiger partial charge on any atom is 0.208 e. The molecule has 0 fully saturated rings. The topological polar surface area (TPSA) is 58.2 Å². The number of nitrogens with one attached hydrogen (secondary N) is 2. The van der Waals surface area contributed by atoms with E-state index < -0.39 is 10.0 Å². The molecule has 1 rings (SSSR count). The summed E-state index contributed by atoms with van der Waals surface area (Å²) in [6, 6.07) is 4.25. The lowest BCUT2D eigenvalue weighted by Crippen LogP contribution is -2.30. The van der Waals surface area contributed by atoms with Crippen molar-refractivity contribution in [3.05, 3.63) is 21.9 Å². The van der Waals surface area contributed by atoms with E-state index in [9.17, 15) is 8.42 Å². The molecule has 0 amide bonds. The van der Waals surface area contributed by atoms with Gasteiger partial charge < -0.3 is 5.32 Å².